The quantitative estimate of drug-likeness (QED) is 0.774. The minimum absolute atomic E-state index is 0.0369. The highest BCUT2D eigenvalue weighted by Gasteiger charge is 2.51. The van der Waals surface area contributed by atoms with Crippen molar-refractivity contribution >= 4 is 22.6 Å². The Hall–Kier alpha value is -1.67. The largest absolute Gasteiger partial charge is 0.494 e. The first-order valence-electron chi connectivity index (χ1n) is 9.04. The van der Waals surface area contributed by atoms with Crippen LogP contribution in [0.25, 0.3) is 0 Å². The van der Waals surface area contributed by atoms with Crippen LogP contribution < -0.4 is 10.2 Å². The third-order valence-electron chi connectivity index (χ3n) is 5.17. The number of hydrogen-bond acceptors (Lipinski definition) is 4. The van der Waals surface area contributed by atoms with Crippen molar-refractivity contribution in [1.29, 1.82) is 0 Å². The molecule has 0 radical (unpaired) electrons. The fourth-order valence-corrected chi connectivity index (χ4v) is 3.99. The minimum atomic E-state index is -3.41. The number of rotatable bonds is 6. The molecule has 7 heteroatoms. The molecule has 0 amide bonds. The number of benzene rings is 2. The number of nitrogens with one attached hydrogen (secondary N) is 1. The molecule has 27 heavy (non-hydrogen) atoms. The molecule has 5 nitrogen and oxygen atoms in total. The van der Waals surface area contributed by atoms with Gasteiger partial charge in [-0.05, 0) is 44.3 Å². The van der Waals surface area contributed by atoms with Crippen LogP contribution in [0.5, 0.6) is 0 Å². The zero-order valence-corrected chi connectivity index (χ0v) is 17.0. The lowest BCUT2D eigenvalue weighted by Crippen LogP contribution is -2.41. The summed E-state index contributed by atoms with van der Waals surface area (Å²) in [5.74, 6) is -0.0369. The van der Waals surface area contributed by atoms with E-state index in [1.165, 1.54) is 0 Å². The Morgan fingerprint density at radius 2 is 1.48 bits per heavy atom. The minimum Gasteiger partial charge on any atom is -0.399 e. The highest BCUT2D eigenvalue weighted by molar-refractivity contribution is 7.88. The Labute approximate surface area is 162 Å². The van der Waals surface area contributed by atoms with Gasteiger partial charge in [-0.25, -0.2) is 13.1 Å². The third-order valence-corrected chi connectivity index (χ3v) is 6.47. The summed E-state index contributed by atoms with van der Waals surface area (Å²) in [6.45, 7) is 8.26. The summed E-state index contributed by atoms with van der Waals surface area (Å²) in [6, 6.07) is 16.8. The first-order valence-corrected chi connectivity index (χ1v) is 10.7. The molecule has 144 valence electrons. The standard InChI is InChI=1S/C20H26BNO4S/c1-19(2)20(3,4)26-21(25-19)18-12-8-11-17(13-18)14-22-27(23,24)15-16-9-6-5-7-10-16/h5-13,22H,14-15H2,1-4H3. The van der Waals surface area contributed by atoms with Crippen LogP contribution in [0.3, 0.4) is 0 Å². The van der Waals surface area contributed by atoms with E-state index in [2.05, 4.69) is 4.72 Å². The number of sulfonamides is 1. The average Bonchev–Trinajstić information content (AvgIpc) is 2.82. The molecular weight excluding hydrogens is 361 g/mol. The van der Waals surface area contributed by atoms with E-state index in [0.717, 1.165) is 16.6 Å². The van der Waals surface area contributed by atoms with E-state index in [0.29, 0.717) is 0 Å². The summed E-state index contributed by atoms with van der Waals surface area (Å²) in [6.07, 6.45) is 0. The van der Waals surface area contributed by atoms with Crippen LogP contribution >= 0.6 is 0 Å². The van der Waals surface area contributed by atoms with Crippen molar-refractivity contribution in [3.05, 3.63) is 65.7 Å². The molecule has 0 aliphatic carbocycles. The van der Waals surface area contributed by atoms with E-state index in [1.54, 1.807) is 12.1 Å². The molecule has 0 atom stereocenters. The van der Waals surface area contributed by atoms with Gasteiger partial charge in [0.05, 0.1) is 17.0 Å². The van der Waals surface area contributed by atoms with Crippen molar-refractivity contribution in [2.45, 2.75) is 51.2 Å². The molecule has 0 aromatic heterocycles. The zero-order chi connectivity index (χ0) is 19.7. The van der Waals surface area contributed by atoms with E-state index in [-0.39, 0.29) is 12.3 Å². The zero-order valence-electron chi connectivity index (χ0n) is 16.2. The van der Waals surface area contributed by atoms with E-state index in [4.69, 9.17) is 9.31 Å². The highest BCUT2D eigenvalue weighted by Crippen LogP contribution is 2.36. The molecule has 1 aliphatic rings. The van der Waals surface area contributed by atoms with Crippen LogP contribution in [0.15, 0.2) is 54.6 Å². The van der Waals surface area contributed by atoms with Gasteiger partial charge in [0.1, 0.15) is 0 Å². The monoisotopic (exact) mass is 387 g/mol. The van der Waals surface area contributed by atoms with Gasteiger partial charge in [0.25, 0.3) is 0 Å². The molecule has 1 aliphatic heterocycles. The Morgan fingerprint density at radius 3 is 2.11 bits per heavy atom. The molecule has 0 unspecified atom stereocenters. The third kappa shape index (κ3) is 4.79. The van der Waals surface area contributed by atoms with Crippen molar-refractivity contribution in [3.8, 4) is 0 Å². The van der Waals surface area contributed by atoms with E-state index in [9.17, 15) is 8.42 Å². The molecular formula is C20H26BNO4S. The Kier molecular flexibility index (Phi) is 5.50. The molecule has 2 aromatic rings. The summed E-state index contributed by atoms with van der Waals surface area (Å²) < 4.78 is 39.5. The van der Waals surface area contributed by atoms with Crippen LogP contribution in [-0.2, 0) is 31.6 Å². The van der Waals surface area contributed by atoms with Gasteiger partial charge < -0.3 is 9.31 Å². The Bertz CT molecular complexity index is 881. The lowest BCUT2D eigenvalue weighted by molar-refractivity contribution is 0.00578. The van der Waals surface area contributed by atoms with Crippen LogP contribution in [0.2, 0.25) is 0 Å². The van der Waals surface area contributed by atoms with Gasteiger partial charge in [0, 0.05) is 6.54 Å². The maximum absolute atomic E-state index is 12.3. The fourth-order valence-electron chi connectivity index (χ4n) is 2.87. The molecule has 0 saturated carbocycles. The summed E-state index contributed by atoms with van der Waals surface area (Å²) in [7, 11) is -3.88. The lowest BCUT2D eigenvalue weighted by Gasteiger charge is -2.32. The molecule has 0 spiro atoms. The maximum Gasteiger partial charge on any atom is 0.494 e. The van der Waals surface area contributed by atoms with Crippen molar-refractivity contribution in [3.63, 3.8) is 0 Å². The van der Waals surface area contributed by atoms with Crippen LogP contribution in [0, 0.1) is 0 Å². The van der Waals surface area contributed by atoms with Crippen molar-refractivity contribution in [1.82, 2.24) is 4.72 Å². The van der Waals surface area contributed by atoms with Gasteiger partial charge in [0.2, 0.25) is 10.0 Å². The van der Waals surface area contributed by atoms with Gasteiger partial charge in [-0.1, -0.05) is 54.6 Å². The predicted octanol–water partition coefficient (Wildman–Crippen LogP) is 2.61. The van der Waals surface area contributed by atoms with Gasteiger partial charge >= 0.3 is 7.12 Å². The SMILES string of the molecule is CC1(C)OB(c2cccc(CNS(=O)(=O)Cc3ccccc3)c2)OC1(C)C. The topological polar surface area (TPSA) is 64.6 Å². The maximum atomic E-state index is 12.3. The second-order valence-electron chi connectivity index (χ2n) is 7.90. The number of hydrogen-bond donors (Lipinski definition) is 1. The predicted molar refractivity (Wildman–Crippen MR) is 108 cm³/mol. The molecule has 3 rings (SSSR count). The van der Waals surface area contributed by atoms with Crippen molar-refractivity contribution in [2.75, 3.05) is 0 Å². The molecule has 1 fully saturated rings. The van der Waals surface area contributed by atoms with E-state index in [1.807, 2.05) is 70.2 Å². The second kappa shape index (κ2) is 7.39. The molecule has 1 saturated heterocycles. The summed E-state index contributed by atoms with van der Waals surface area (Å²) in [4.78, 5) is 0. The van der Waals surface area contributed by atoms with Gasteiger partial charge in [-0.3, -0.25) is 0 Å². The second-order valence-corrected chi connectivity index (χ2v) is 9.71. The molecule has 2 aromatic carbocycles. The summed E-state index contributed by atoms with van der Waals surface area (Å²) in [5, 5.41) is 0. The molecule has 1 N–H and O–H groups in total. The van der Waals surface area contributed by atoms with Gasteiger partial charge in [-0.15, -0.1) is 0 Å². The van der Waals surface area contributed by atoms with Crippen LogP contribution in [-0.4, -0.2) is 26.7 Å². The molecule has 1 heterocycles. The molecule has 0 bridgehead atoms. The highest BCUT2D eigenvalue weighted by atomic mass is 32.2. The van der Waals surface area contributed by atoms with E-state index < -0.39 is 28.3 Å². The van der Waals surface area contributed by atoms with E-state index >= 15 is 0 Å². The lowest BCUT2D eigenvalue weighted by atomic mass is 9.78. The normalized spacial score (nSPS) is 18.6. The first-order chi connectivity index (χ1) is 12.6. The summed E-state index contributed by atoms with van der Waals surface area (Å²) in [5.41, 5.74) is 1.68. The van der Waals surface area contributed by atoms with Crippen LogP contribution in [0.4, 0.5) is 0 Å². The van der Waals surface area contributed by atoms with Crippen LogP contribution in [0.1, 0.15) is 38.8 Å². The Balaban J connectivity index is 1.66. The first kappa shape index (κ1) is 20.1. The summed E-state index contributed by atoms with van der Waals surface area (Å²) >= 11 is 0. The van der Waals surface area contributed by atoms with Crippen molar-refractivity contribution in [2.24, 2.45) is 0 Å². The fraction of sp³-hybridized carbons (Fsp3) is 0.400. The van der Waals surface area contributed by atoms with Crippen molar-refractivity contribution < 1.29 is 17.7 Å². The van der Waals surface area contributed by atoms with Gasteiger partial charge in [0.15, 0.2) is 0 Å². The van der Waals surface area contributed by atoms with Gasteiger partial charge in [-0.2, -0.15) is 0 Å². The Morgan fingerprint density at radius 1 is 0.889 bits per heavy atom. The average molecular weight is 387 g/mol. The smallest absolute Gasteiger partial charge is 0.399 e.